The van der Waals surface area contributed by atoms with Crippen molar-refractivity contribution in [2.24, 2.45) is 0 Å². The van der Waals surface area contributed by atoms with Crippen LogP contribution in [0.5, 0.6) is 11.5 Å². The van der Waals surface area contributed by atoms with Gasteiger partial charge in [0.15, 0.2) is 11.5 Å². The fraction of sp³-hybridized carbons (Fsp3) is 0.188. The molecule has 0 aliphatic carbocycles. The van der Waals surface area contributed by atoms with Crippen LogP contribution in [0.25, 0.3) is 0 Å². The Hall–Kier alpha value is -2.34. The average molecular weight is 314 g/mol. The quantitative estimate of drug-likeness (QED) is 0.864. The van der Waals surface area contributed by atoms with Gasteiger partial charge >= 0.3 is 0 Å². The molecule has 0 spiro atoms. The Labute approximate surface area is 132 Å². The fourth-order valence-electron chi connectivity index (χ4n) is 2.65. The van der Waals surface area contributed by atoms with E-state index in [9.17, 15) is 4.79 Å². The maximum Gasteiger partial charge on any atom is 0.238 e. The van der Waals surface area contributed by atoms with Gasteiger partial charge in [-0.1, -0.05) is 12.1 Å². The molecule has 1 fully saturated rings. The van der Waals surface area contributed by atoms with Crippen molar-refractivity contribution >= 4 is 29.0 Å². The smallest absolute Gasteiger partial charge is 0.238 e. The molecule has 2 aliphatic rings. The first-order chi connectivity index (χ1) is 10.7. The molecule has 2 heterocycles. The molecule has 6 heteroatoms. The number of anilines is 2. The first-order valence-electron chi connectivity index (χ1n) is 6.91. The lowest BCUT2D eigenvalue weighted by molar-refractivity contribution is -0.115. The van der Waals surface area contributed by atoms with Crippen LogP contribution in [0.2, 0.25) is 0 Å². The highest BCUT2D eigenvalue weighted by Crippen LogP contribution is 2.44. The SMILES string of the molecule is Nc1ccc(C2SCC(=O)N2c2ccc3c(c2)OCO3)cc1. The van der Waals surface area contributed by atoms with Gasteiger partial charge in [-0.05, 0) is 29.8 Å². The Morgan fingerprint density at radius 2 is 1.86 bits per heavy atom. The lowest BCUT2D eigenvalue weighted by Gasteiger charge is -2.24. The van der Waals surface area contributed by atoms with Gasteiger partial charge in [0, 0.05) is 17.4 Å². The average Bonchev–Trinajstić information content (AvgIpc) is 3.13. The fourth-order valence-corrected chi connectivity index (χ4v) is 3.82. The van der Waals surface area contributed by atoms with Crippen molar-refractivity contribution in [2.45, 2.75) is 5.37 Å². The maximum atomic E-state index is 12.3. The van der Waals surface area contributed by atoms with E-state index >= 15 is 0 Å². The number of nitrogens with zero attached hydrogens (tertiary/aromatic N) is 1. The van der Waals surface area contributed by atoms with Crippen molar-refractivity contribution in [3.05, 3.63) is 48.0 Å². The van der Waals surface area contributed by atoms with Crippen molar-refractivity contribution in [3.63, 3.8) is 0 Å². The van der Waals surface area contributed by atoms with Crippen LogP contribution in [0.1, 0.15) is 10.9 Å². The highest BCUT2D eigenvalue weighted by Gasteiger charge is 2.34. The van der Waals surface area contributed by atoms with Crippen LogP contribution in [0.15, 0.2) is 42.5 Å². The summed E-state index contributed by atoms with van der Waals surface area (Å²) < 4.78 is 10.7. The summed E-state index contributed by atoms with van der Waals surface area (Å²) in [4.78, 5) is 14.1. The van der Waals surface area contributed by atoms with Gasteiger partial charge in [-0.25, -0.2) is 0 Å². The van der Waals surface area contributed by atoms with Crippen LogP contribution in [-0.2, 0) is 4.79 Å². The van der Waals surface area contributed by atoms with Crippen LogP contribution in [-0.4, -0.2) is 18.5 Å². The van der Waals surface area contributed by atoms with Crippen LogP contribution >= 0.6 is 11.8 Å². The van der Waals surface area contributed by atoms with Crippen LogP contribution in [0.3, 0.4) is 0 Å². The third kappa shape index (κ3) is 2.16. The van der Waals surface area contributed by atoms with E-state index in [1.165, 1.54) is 0 Å². The number of hydrogen-bond acceptors (Lipinski definition) is 5. The van der Waals surface area contributed by atoms with E-state index < -0.39 is 0 Å². The van der Waals surface area contributed by atoms with Gasteiger partial charge in [-0.3, -0.25) is 9.69 Å². The molecule has 0 radical (unpaired) electrons. The van der Waals surface area contributed by atoms with E-state index in [0.29, 0.717) is 22.9 Å². The Bertz CT molecular complexity index is 733. The molecule has 1 saturated heterocycles. The predicted octanol–water partition coefficient (Wildman–Crippen LogP) is 2.78. The minimum absolute atomic E-state index is 0.0477. The number of ether oxygens (including phenoxy) is 2. The summed E-state index contributed by atoms with van der Waals surface area (Å²) in [5.74, 6) is 1.94. The summed E-state index contributed by atoms with van der Waals surface area (Å²) in [5, 5.41) is -0.0477. The number of fused-ring (bicyclic) bond motifs is 1. The molecular weight excluding hydrogens is 300 g/mol. The molecule has 2 aromatic carbocycles. The number of nitrogen functional groups attached to an aromatic ring is 1. The van der Waals surface area contributed by atoms with Crippen molar-refractivity contribution in [1.82, 2.24) is 0 Å². The maximum absolute atomic E-state index is 12.3. The summed E-state index contributed by atoms with van der Waals surface area (Å²) >= 11 is 1.61. The highest BCUT2D eigenvalue weighted by atomic mass is 32.2. The second-order valence-corrected chi connectivity index (χ2v) is 6.20. The summed E-state index contributed by atoms with van der Waals surface area (Å²) in [7, 11) is 0. The van der Waals surface area contributed by atoms with Crippen molar-refractivity contribution in [2.75, 3.05) is 23.2 Å². The standard InChI is InChI=1S/C16H14N2O3S/c17-11-3-1-10(2-4-11)16-18(15(19)8-22-16)12-5-6-13-14(7-12)21-9-20-13/h1-7,16H,8-9,17H2. The molecule has 2 aliphatic heterocycles. The van der Waals surface area contributed by atoms with Gasteiger partial charge in [-0.15, -0.1) is 11.8 Å². The Kier molecular flexibility index (Phi) is 3.11. The molecule has 0 aromatic heterocycles. The minimum Gasteiger partial charge on any atom is -0.454 e. The zero-order chi connectivity index (χ0) is 15.1. The van der Waals surface area contributed by atoms with Crippen LogP contribution in [0.4, 0.5) is 11.4 Å². The van der Waals surface area contributed by atoms with Gasteiger partial charge < -0.3 is 15.2 Å². The van der Waals surface area contributed by atoms with Crippen molar-refractivity contribution in [3.8, 4) is 11.5 Å². The predicted molar refractivity (Wildman–Crippen MR) is 86.1 cm³/mol. The van der Waals surface area contributed by atoms with Gasteiger partial charge in [0.25, 0.3) is 0 Å². The van der Waals surface area contributed by atoms with Gasteiger partial charge in [-0.2, -0.15) is 0 Å². The van der Waals surface area contributed by atoms with Crippen molar-refractivity contribution in [1.29, 1.82) is 0 Å². The molecule has 112 valence electrons. The topological polar surface area (TPSA) is 64.8 Å². The number of thioether (sulfide) groups is 1. The summed E-state index contributed by atoms with van der Waals surface area (Å²) in [6.07, 6.45) is 0. The van der Waals surface area contributed by atoms with Crippen molar-refractivity contribution < 1.29 is 14.3 Å². The molecule has 2 N–H and O–H groups in total. The van der Waals surface area contributed by atoms with Crippen LogP contribution < -0.4 is 20.1 Å². The molecule has 1 unspecified atom stereocenters. The first-order valence-corrected chi connectivity index (χ1v) is 7.96. The second kappa shape index (κ2) is 5.14. The van der Waals surface area contributed by atoms with Gasteiger partial charge in [0.1, 0.15) is 5.37 Å². The number of hydrogen-bond donors (Lipinski definition) is 1. The zero-order valence-corrected chi connectivity index (χ0v) is 12.5. The Balaban J connectivity index is 1.71. The number of amides is 1. The summed E-state index contributed by atoms with van der Waals surface area (Å²) in [5.41, 5.74) is 8.34. The molecule has 4 rings (SSSR count). The van der Waals surface area contributed by atoms with Gasteiger partial charge in [0.2, 0.25) is 12.7 Å². The van der Waals surface area contributed by atoms with Gasteiger partial charge in [0.05, 0.1) is 5.75 Å². The molecule has 1 atom stereocenters. The van der Waals surface area contributed by atoms with E-state index in [4.69, 9.17) is 15.2 Å². The number of rotatable bonds is 2. The summed E-state index contributed by atoms with van der Waals surface area (Å²) in [6, 6.07) is 13.2. The van der Waals surface area contributed by atoms with E-state index in [0.717, 1.165) is 11.3 Å². The number of nitrogens with two attached hydrogens (primary N) is 1. The Morgan fingerprint density at radius 1 is 1.09 bits per heavy atom. The van der Waals surface area contributed by atoms with E-state index in [1.807, 2.05) is 42.5 Å². The molecular formula is C16H14N2O3S. The molecule has 5 nitrogen and oxygen atoms in total. The monoisotopic (exact) mass is 314 g/mol. The van der Waals surface area contributed by atoms with E-state index in [1.54, 1.807) is 16.7 Å². The molecule has 0 saturated carbocycles. The largest absolute Gasteiger partial charge is 0.454 e. The number of carbonyl (C=O) groups excluding carboxylic acids is 1. The van der Waals surface area contributed by atoms with E-state index in [-0.39, 0.29) is 18.1 Å². The second-order valence-electron chi connectivity index (χ2n) is 5.13. The molecule has 2 aromatic rings. The number of carbonyl (C=O) groups is 1. The first kappa shape index (κ1) is 13.3. The molecule has 22 heavy (non-hydrogen) atoms. The molecule has 0 bridgehead atoms. The number of benzene rings is 2. The lowest BCUT2D eigenvalue weighted by atomic mass is 10.1. The van der Waals surface area contributed by atoms with E-state index in [2.05, 4.69) is 0 Å². The molecule has 1 amide bonds. The normalized spacial score (nSPS) is 19.7. The zero-order valence-electron chi connectivity index (χ0n) is 11.7. The minimum atomic E-state index is -0.0477. The third-order valence-electron chi connectivity index (χ3n) is 3.72. The Morgan fingerprint density at radius 3 is 2.68 bits per heavy atom. The third-order valence-corrected chi connectivity index (χ3v) is 4.94. The highest BCUT2D eigenvalue weighted by molar-refractivity contribution is 8.00. The van der Waals surface area contributed by atoms with Crippen LogP contribution in [0, 0.1) is 0 Å². The lowest BCUT2D eigenvalue weighted by Crippen LogP contribution is -2.27. The summed E-state index contributed by atoms with van der Waals surface area (Å²) in [6.45, 7) is 0.225.